The third-order valence-electron chi connectivity index (χ3n) is 7.40. The largest absolute Gasteiger partial charge is 0.352 e. The Bertz CT molecular complexity index is 1690. The molecule has 0 aromatic heterocycles. The van der Waals surface area contributed by atoms with Crippen LogP contribution in [0, 0.1) is 5.82 Å². The van der Waals surface area contributed by atoms with Crippen molar-refractivity contribution in [3.63, 3.8) is 0 Å². The van der Waals surface area contributed by atoms with Crippen molar-refractivity contribution < 1.29 is 22.4 Å². The van der Waals surface area contributed by atoms with Gasteiger partial charge in [-0.15, -0.1) is 0 Å². The lowest BCUT2D eigenvalue weighted by atomic mass is 10.0. The van der Waals surface area contributed by atoms with Crippen molar-refractivity contribution in [1.29, 1.82) is 0 Å². The Morgan fingerprint density at radius 3 is 2.26 bits per heavy atom. The summed E-state index contributed by atoms with van der Waals surface area (Å²) in [5, 5.41) is 4.48. The van der Waals surface area contributed by atoms with Crippen LogP contribution in [0.4, 0.5) is 10.1 Å². The van der Waals surface area contributed by atoms with Gasteiger partial charge in [0.1, 0.15) is 11.9 Å². The van der Waals surface area contributed by atoms with Crippen molar-refractivity contribution in [2.24, 2.45) is 0 Å². The highest BCUT2D eigenvalue weighted by Crippen LogP contribution is 2.42. The number of anilines is 1. The SMILES string of the molecule is CC(C)NC(=O)[C@@H](Cc1ccccc1)N(Cc1ccc(F)cc1)C(=O)CCCN1c2cccc3cccc(c23)S1(=O)=O. The van der Waals surface area contributed by atoms with Crippen LogP contribution in [0.5, 0.6) is 0 Å². The number of rotatable bonds is 11. The molecule has 0 spiro atoms. The van der Waals surface area contributed by atoms with E-state index in [0.29, 0.717) is 23.1 Å². The van der Waals surface area contributed by atoms with E-state index in [9.17, 15) is 22.4 Å². The van der Waals surface area contributed by atoms with Crippen molar-refractivity contribution in [1.82, 2.24) is 10.2 Å². The molecule has 0 radical (unpaired) electrons. The van der Waals surface area contributed by atoms with Crippen LogP contribution in [0.2, 0.25) is 0 Å². The number of nitrogens with zero attached hydrogens (tertiary/aromatic N) is 2. The fraction of sp³-hybridized carbons (Fsp3) is 0.273. The van der Waals surface area contributed by atoms with Crippen LogP contribution in [0.3, 0.4) is 0 Å². The second kappa shape index (κ2) is 12.3. The second-order valence-corrected chi connectivity index (χ2v) is 12.7. The van der Waals surface area contributed by atoms with E-state index < -0.39 is 21.9 Å². The Labute approximate surface area is 246 Å². The molecule has 0 saturated heterocycles. The standard InChI is InChI=1S/C33H34FN3O4S/c1-23(2)35-33(39)29(21-24-9-4-3-5-10-24)36(22-25-16-18-27(34)19-17-25)31(38)15-8-20-37-28-13-6-11-26-12-7-14-30(32(26)28)42(37,40)41/h3-7,9-14,16-19,23,29H,8,15,20-22H2,1-2H3,(H,35,39)/t29-/m1/s1. The monoisotopic (exact) mass is 587 g/mol. The highest BCUT2D eigenvalue weighted by molar-refractivity contribution is 7.93. The summed E-state index contributed by atoms with van der Waals surface area (Å²) in [7, 11) is -3.74. The zero-order valence-corrected chi connectivity index (χ0v) is 24.5. The van der Waals surface area contributed by atoms with Gasteiger partial charge in [-0.3, -0.25) is 13.9 Å². The molecule has 7 nitrogen and oxygen atoms in total. The van der Waals surface area contributed by atoms with Crippen LogP contribution in [0.15, 0.2) is 95.9 Å². The minimum Gasteiger partial charge on any atom is -0.352 e. The van der Waals surface area contributed by atoms with Gasteiger partial charge in [0, 0.05) is 37.4 Å². The van der Waals surface area contributed by atoms with Crippen molar-refractivity contribution in [2.75, 3.05) is 10.8 Å². The Kier molecular flexibility index (Phi) is 8.59. The first-order valence-electron chi connectivity index (χ1n) is 14.1. The molecule has 0 bridgehead atoms. The van der Waals surface area contributed by atoms with E-state index in [1.807, 2.05) is 62.4 Å². The molecule has 1 atom stereocenters. The van der Waals surface area contributed by atoms with Gasteiger partial charge in [0.15, 0.2) is 0 Å². The van der Waals surface area contributed by atoms with Gasteiger partial charge in [-0.2, -0.15) is 0 Å². The van der Waals surface area contributed by atoms with Gasteiger partial charge in [-0.1, -0.05) is 66.7 Å². The van der Waals surface area contributed by atoms with E-state index in [0.717, 1.165) is 10.9 Å². The molecule has 218 valence electrons. The Morgan fingerprint density at radius 1 is 0.881 bits per heavy atom. The van der Waals surface area contributed by atoms with Gasteiger partial charge in [-0.05, 0) is 61.0 Å². The molecule has 9 heteroatoms. The average Bonchev–Trinajstić information content (AvgIpc) is 3.19. The Hall–Kier alpha value is -4.24. The molecule has 0 saturated carbocycles. The van der Waals surface area contributed by atoms with Gasteiger partial charge in [-0.25, -0.2) is 12.8 Å². The highest BCUT2D eigenvalue weighted by atomic mass is 32.2. The summed E-state index contributed by atoms with van der Waals surface area (Å²) >= 11 is 0. The van der Waals surface area contributed by atoms with Crippen LogP contribution in [0.1, 0.15) is 37.8 Å². The molecule has 1 heterocycles. The molecule has 5 rings (SSSR count). The normalized spacial score (nSPS) is 14.2. The molecule has 0 aliphatic carbocycles. The van der Waals surface area contributed by atoms with Gasteiger partial charge in [0.05, 0.1) is 10.6 Å². The number of nitrogens with one attached hydrogen (secondary N) is 1. The van der Waals surface area contributed by atoms with Crippen LogP contribution < -0.4 is 9.62 Å². The summed E-state index contributed by atoms with van der Waals surface area (Å²) < 4.78 is 41.8. The lowest BCUT2D eigenvalue weighted by Gasteiger charge is -2.32. The topological polar surface area (TPSA) is 86.8 Å². The van der Waals surface area contributed by atoms with Crippen molar-refractivity contribution in [3.05, 3.63) is 108 Å². The third kappa shape index (κ3) is 6.16. The maximum Gasteiger partial charge on any atom is 0.265 e. The summed E-state index contributed by atoms with van der Waals surface area (Å²) in [5.74, 6) is -0.960. The van der Waals surface area contributed by atoms with Gasteiger partial charge < -0.3 is 10.2 Å². The van der Waals surface area contributed by atoms with Gasteiger partial charge in [0.25, 0.3) is 10.0 Å². The maximum absolute atomic E-state index is 13.9. The molecule has 0 fully saturated rings. The number of amides is 2. The Balaban J connectivity index is 1.39. The second-order valence-electron chi connectivity index (χ2n) is 10.8. The molecule has 1 N–H and O–H groups in total. The molecular weight excluding hydrogens is 553 g/mol. The minimum atomic E-state index is -3.74. The first kappa shape index (κ1) is 29.3. The molecule has 4 aromatic carbocycles. The van der Waals surface area contributed by atoms with E-state index in [2.05, 4.69) is 5.32 Å². The van der Waals surface area contributed by atoms with E-state index in [1.165, 1.54) is 21.3 Å². The Morgan fingerprint density at radius 2 is 1.57 bits per heavy atom. The zero-order valence-electron chi connectivity index (χ0n) is 23.7. The molecule has 42 heavy (non-hydrogen) atoms. The number of halogens is 1. The fourth-order valence-electron chi connectivity index (χ4n) is 5.44. The van der Waals surface area contributed by atoms with E-state index in [-0.39, 0.29) is 48.7 Å². The fourth-order valence-corrected chi connectivity index (χ4v) is 7.19. The van der Waals surface area contributed by atoms with Crippen molar-refractivity contribution in [2.45, 2.75) is 56.6 Å². The lowest BCUT2D eigenvalue weighted by molar-refractivity contribution is -0.141. The summed E-state index contributed by atoms with van der Waals surface area (Å²) in [6.45, 7) is 3.94. The zero-order chi connectivity index (χ0) is 29.9. The first-order valence-corrected chi connectivity index (χ1v) is 15.5. The minimum absolute atomic E-state index is 0.0276. The number of benzene rings is 4. The van der Waals surface area contributed by atoms with Crippen LogP contribution >= 0.6 is 0 Å². The predicted octanol–water partition coefficient (Wildman–Crippen LogP) is 5.43. The van der Waals surface area contributed by atoms with Crippen LogP contribution in [-0.2, 0) is 32.6 Å². The number of sulfonamides is 1. The number of hydrogen-bond donors (Lipinski definition) is 1. The molecule has 1 aliphatic rings. The predicted molar refractivity (Wildman–Crippen MR) is 162 cm³/mol. The van der Waals surface area contributed by atoms with E-state index in [4.69, 9.17) is 0 Å². The summed E-state index contributed by atoms with van der Waals surface area (Å²) in [6, 6.07) is 25.1. The van der Waals surface area contributed by atoms with Gasteiger partial charge >= 0.3 is 0 Å². The average molecular weight is 588 g/mol. The highest BCUT2D eigenvalue weighted by Gasteiger charge is 2.36. The quantitative estimate of drug-likeness (QED) is 0.254. The summed E-state index contributed by atoms with van der Waals surface area (Å²) in [6.07, 6.45) is 0.580. The number of carbonyl (C=O) groups excluding carboxylic acids is 2. The summed E-state index contributed by atoms with van der Waals surface area (Å²) in [4.78, 5) is 29.2. The number of carbonyl (C=O) groups is 2. The molecule has 0 unspecified atom stereocenters. The first-order chi connectivity index (χ1) is 20.1. The van der Waals surface area contributed by atoms with Crippen molar-refractivity contribution in [3.8, 4) is 0 Å². The third-order valence-corrected chi connectivity index (χ3v) is 9.26. The summed E-state index contributed by atoms with van der Waals surface area (Å²) in [5.41, 5.74) is 2.19. The molecular formula is C33H34FN3O4S. The van der Waals surface area contributed by atoms with E-state index >= 15 is 0 Å². The lowest BCUT2D eigenvalue weighted by Crippen LogP contribution is -2.51. The van der Waals surface area contributed by atoms with Crippen molar-refractivity contribution >= 4 is 38.3 Å². The molecule has 1 aliphatic heterocycles. The molecule has 4 aromatic rings. The molecule has 2 amide bonds. The smallest absolute Gasteiger partial charge is 0.265 e. The van der Waals surface area contributed by atoms with Crippen LogP contribution in [0.25, 0.3) is 10.8 Å². The van der Waals surface area contributed by atoms with Crippen LogP contribution in [-0.4, -0.2) is 43.8 Å². The van der Waals surface area contributed by atoms with Gasteiger partial charge in [0.2, 0.25) is 11.8 Å². The number of hydrogen-bond acceptors (Lipinski definition) is 4. The van der Waals surface area contributed by atoms with E-state index in [1.54, 1.807) is 30.3 Å². The maximum atomic E-state index is 13.9.